The van der Waals surface area contributed by atoms with E-state index in [1.54, 1.807) is 6.08 Å². The van der Waals surface area contributed by atoms with Crippen LogP contribution in [0.1, 0.15) is 25.6 Å². The van der Waals surface area contributed by atoms with Crippen LogP contribution in [0.4, 0.5) is 0 Å². The van der Waals surface area contributed by atoms with Gasteiger partial charge in [-0.15, -0.1) is 0 Å². The molecule has 0 bridgehead atoms. The molecule has 0 fully saturated rings. The van der Waals surface area contributed by atoms with Crippen molar-refractivity contribution >= 4 is 16.9 Å². The van der Waals surface area contributed by atoms with Gasteiger partial charge in [0.05, 0.1) is 6.04 Å². The zero-order valence-electron chi connectivity index (χ0n) is 9.94. The number of hydrogen-bond acceptors (Lipinski definition) is 2. The highest BCUT2D eigenvalue weighted by molar-refractivity contribution is 5.87. The maximum absolute atomic E-state index is 11.4. The summed E-state index contributed by atoms with van der Waals surface area (Å²) in [6.07, 6.45) is 3.21. The first-order valence-corrected chi connectivity index (χ1v) is 5.62. The number of para-hydroxylation sites is 1. The zero-order valence-corrected chi connectivity index (χ0v) is 9.94. The number of fused-ring (bicyclic) bond motifs is 1. The molecule has 1 unspecified atom stereocenters. The van der Waals surface area contributed by atoms with Crippen molar-refractivity contribution in [3.05, 3.63) is 48.2 Å². The molecule has 0 aliphatic carbocycles. The molecule has 17 heavy (non-hydrogen) atoms. The third kappa shape index (κ3) is 2.56. The Morgan fingerprint density at radius 3 is 2.88 bits per heavy atom. The Kier molecular flexibility index (Phi) is 3.28. The second-order valence-corrected chi connectivity index (χ2v) is 3.92. The molecule has 1 N–H and O–H groups in total. The number of carbonyl (C=O) groups is 1. The summed E-state index contributed by atoms with van der Waals surface area (Å²) in [5.74, 6) is 0.657. The average molecular weight is 229 g/mol. The van der Waals surface area contributed by atoms with Gasteiger partial charge in [-0.1, -0.05) is 24.3 Å². The number of hydrogen-bond donors (Lipinski definition) is 1. The normalized spacial score (nSPS) is 13.1. The first kappa shape index (κ1) is 11.5. The van der Waals surface area contributed by atoms with Gasteiger partial charge < -0.3 is 9.73 Å². The number of amides is 1. The van der Waals surface area contributed by atoms with Crippen molar-refractivity contribution in [2.45, 2.75) is 19.9 Å². The fraction of sp³-hybridized carbons (Fsp3) is 0.214. The lowest BCUT2D eigenvalue weighted by Crippen LogP contribution is -2.24. The summed E-state index contributed by atoms with van der Waals surface area (Å²) in [6.45, 7) is 3.71. The Morgan fingerprint density at radius 2 is 2.18 bits per heavy atom. The quantitative estimate of drug-likeness (QED) is 0.821. The minimum absolute atomic E-state index is 0.111. The molecule has 3 heteroatoms. The van der Waals surface area contributed by atoms with E-state index < -0.39 is 0 Å². The lowest BCUT2D eigenvalue weighted by Gasteiger charge is -2.08. The van der Waals surface area contributed by atoms with Crippen molar-refractivity contribution < 1.29 is 9.21 Å². The first-order valence-electron chi connectivity index (χ1n) is 5.62. The molecule has 0 radical (unpaired) electrons. The molecule has 1 aromatic heterocycles. The number of allylic oxidation sites excluding steroid dienone is 1. The second-order valence-electron chi connectivity index (χ2n) is 3.92. The predicted molar refractivity (Wildman–Crippen MR) is 67.6 cm³/mol. The summed E-state index contributed by atoms with van der Waals surface area (Å²) in [6, 6.07) is 9.62. The monoisotopic (exact) mass is 229 g/mol. The highest BCUT2D eigenvalue weighted by atomic mass is 16.3. The van der Waals surface area contributed by atoms with Gasteiger partial charge in [-0.05, 0) is 32.1 Å². The van der Waals surface area contributed by atoms with Crippen LogP contribution in [-0.2, 0) is 4.79 Å². The Balaban J connectivity index is 2.19. The fourth-order valence-corrected chi connectivity index (χ4v) is 1.70. The van der Waals surface area contributed by atoms with Crippen molar-refractivity contribution in [2.24, 2.45) is 0 Å². The molecule has 0 spiro atoms. The number of rotatable bonds is 3. The fourth-order valence-electron chi connectivity index (χ4n) is 1.70. The average Bonchev–Trinajstić information content (AvgIpc) is 2.72. The van der Waals surface area contributed by atoms with Gasteiger partial charge in [0.15, 0.2) is 0 Å². The largest absolute Gasteiger partial charge is 0.459 e. The number of benzene rings is 1. The van der Waals surface area contributed by atoms with E-state index in [-0.39, 0.29) is 11.9 Å². The highest BCUT2D eigenvalue weighted by Gasteiger charge is 2.12. The summed E-state index contributed by atoms with van der Waals surface area (Å²) in [7, 11) is 0. The van der Waals surface area contributed by atoms with E-state index in [0.717, 1.165) is 16.7 Å². The molecule has 88 valence electrons. The molecule has 1 amide bonds. The van der Waals surface area contributed by atoms with Crippen LogP contribution in [0, 0.1) is 0 Å². The summed E-state index contributed by atoms with van der Waals surface area (Å²) in [5.41, 5.74) is 0.842. The van der Waals surface area contributed by atoms with Crippen LogP contribution >= 0.6 is 0 Å². The topological polar surface area (TPSA) is 42.2 Å². The van der Waals surface area contributed by atoms with Crippen molar-refractivity contribution in [2.75, 3.05) is 0 Å². The van der Waals surface area contributed by atoms with Crippen molar-refractivity contribution in [3.8, 4) is 0 Å². The Morgan fingerprint density at radius 1 is 1.41 bits per heavy atom. The van der Waals surface area contributed by atoms with Gasteiger partial charge in [0, 0.05) is 5.39 Å². The van der Waals surface area contributed by atoms with Gasteiger partial charge in [0.1, 0.15) is 11.3 Å². The maximum atomic E-state index is 11.4. The summed E-state index contributed by atoms with van der Waals surface area (Å²) in [5, 5.41) is 3.89. The lowest BCUT2D eigenvalue weighted by molar-refractivity contribution is -0.117. The summed E-state index contributed by atoms with van der Waals surface area (Å²) >= 11 is 0. The van der Waals surface area contributed by atoms with E-state index in [0.29, 0.717) is 0 Å². The van der Waals surface area contributed by atoms with Gasteiger partial charge in [0.2, 0.25) is 5.91 Å². The minimum atomic E-state index is -0.133. The van der Waals surface area contributed by atoms with E-state index in [9.17, 15) is 4.79 Å². The number of furan rings is 1. The molecule has 1 atom stereocenters. The number of carbonyl (C=O) groups excluding carboxylic acids is 1. The molecule has 0 aliphatic rings. The number of nitrogens with one attached hydrogen (secondary N) is 1. The zero-order chi connectivity index (χ0) is 12.3. The van der Waals surface area contributed by atoms with Gasteiger partial charge in [-0.3, -0.25) is 4.79 Å². The van der Waals surface area contributed by atoms with Gasteiger partial charge in [-0.2, -0.15) is 0 Å². The van der Waals surface area contributed by atoms with E-state index in [1.165, 1.54) is 6.08 Å². The van der Waals surface area contributed by atoms with Gasteiger partial charge in [-0.25, -0.2) is 0 Å². The summed E-state index contributed by atoms with van der Waals surface area (Å²) < 4.78 is 5.67. The highest BCUT2D eigenvalue weighted by Crippen LogP contribution is 2.23. The van der Waals surface area contributed by atoms with Crippen molar-refractivity contribution in [1.29, 1.82) is 0 Å². The van der Waals surface area contributed by atoms with Gasteiger partial charge >= 0.3 is 0 Å². The Labute approximate surface area is 100 Å². The van der Waals surface area contributed by atoms with Crippen LogP contribution in [0.3, 0.4) is 0 Å². The van der Waals surface area contributed by atoms with Crippen molar-refractivity contribution in [1.82, 2.24) is 5.32 Å². The van der Waals surface area contributed by atoms with Crippen LogP contribution in [0.2, 0.25) is 0 Å². The van der Waals surface area contributed by atoms with Crippen LogP contribution in [0.25, 0.3) is 11.0 Å². The predicted octanol–water partition coefficient (Wildman–Crippen LogP) is 3.19. The summed E-state index contributed by atoms with van der Waals surface area (Å²) in [4.78, 5) is 11.4. The van der Waals surface area contributed by atoms with Gasteiger partial charge in [0.25, 0.3) is 0 Å². The maximum Gasteiger partial charge on any atom is 0.244 e. The second kappa shape index (κ2) is 4.87. The van der Waals surface area contributed by atoms with E-state index in [2.05, 4.69) is 5.32 Å². The minimum Gasteiger partial charge on any atom is -0.459 e. The lowest BCUT2D eigenvalue weighted by atomic mass is 10.2. The third-order valence-corrected chi connectivity index (χ3v) is 2.55. The third-order valence-electron chi connectivity index (χ3n) is 2.55. The van der Waals surface area contributed by atoms with Crippen LogP contribution < -0.4 is 5.32 Å². The molecular formula is C14H15NO2. The smallest absolute Gasteiger partial charge is 0.244 e. The molecule has 3 nitrogen and oxygen atoms in total. The Bertz CT molecular complexity index is 521. The molecule has 1 heterocycles. The van der Waals surface area contributed by atoms with E-state index >= 15 is 0 Å². The SMILES string of the molecule is C/C=C/C(=O)NC(C)c1cc2ccccc2o1. The molecule has 0 saturated heterocycles. The Hall–Kier alpha value is -2.03. The standard InChI is InChI=1S/C14H15NO2/c1-3-6-14(16)15-10(2)13-9-11-7-4-5-8-12(11)17-13/h3-10H,1-2H3,(H,15,16)/b6-3+. The first-order chi connectivity index (χ1) is 8.20. The molecule has 2 aromatic rings. The van der Waals surface area contributed by atoms with E-state index in [4.69, 9.17) is 4.42 Å². The molecule has 0 aliphatic heterocycles. The molecule has 0 saturated carbocycles. The van der Waals surface area contributed by atoms with E-state index in [1.807, 2.05) is 44.2 Å². The van der Waals surface area contributed by atoms with Crippen LogP contribution in [-0.4, -0.2) is 5.91 Å². The molecule has 2 rings (SSSR count). The van der Waals surface area contributed by atoms with Crippen LogP contribution in [0.5, 0.6) is 0 Å². The van der Waals surface area contributed by atoms with Crippen molar-refractivity contribution in [3.63, 3.8) is 0 Å². The van der Waals surface area contributed by atoms with Crippen LogP contribution in [0.15, 0.2) is 46.9 Å². The molecular weight excluding hydrogens is 214 g/mol. The molecule has 1 aromatic carbocycles.